The molecule has 0 bridgehead atoms. The van der Waals surface area contributed by atoms with E-state index in [4.69, 9.17) is 5.73 Å². The first-order valence-corrected chi connectivity index (χ1v) is 6.95. The van der Waals surface area contributed by atoms with Crippen molar-refractivity contribution in [2.24, 2.45) is 5.92 Å². The number of rotatable bonds is 5. The summed E-state index contributed by atoms with van der Waals surface area (Å²) in [6.45, 7) is 0.588. The predicted octanol–water partition coefficient (Wildman–Crippen LogP) is 1.90. The van der Waals surface area contributed by atoms with Crippen LogP contribution in [0.25, 0.3) is 0 Å². The molecule has 112 valence electrons. The van der Waals surface area contributed by atoms with Crippen molar-refractivity contribution >= 4 is 24.0 Å². The molecule has 20 heavy (non-hydrogen) atoms. The highest BCUT2D eigenvalue weighted by atomic mass is 35.5. The summed E-state index contributed by atoms with van der Waals surface area (Å²) >= 11 is 0. The number of aliphatic hydroxyl groups excluding tert-OH is 1. The van der Waals surface area contributed by atoms with Gasteiger partial charge in [-0.25, -0.2) is 0 Å². The van der Waals surface area contributed by atoms with Gasteiger partial charge in [0.1, 0.15) is 0 Å². The molecule has 1 aliphatic rings. The van der Waals surface area contributed by atoms with Crippen molar-refractivity contribution in [2.75, 3.05) is 12.3 Å². The normalized spacial score (nSPS) is 21.2. The summed E-state index contributed by atoms with van der Waals surface area (Å²) in [6, 6.07) is 7.62. The van der Waals surface area contributed by atoms with Crippen molar-refractivity contribution in [3.63, 3.8) is 0 Å². The number of nitrogens with two attached hydrogens (primary N) is 1. The largest absolute Gasteiger partial charge is 0.399 e. The summed E-state index contributed by atoms with van der Waals surface area (Å²) in [5, 5.41) is 12.6. The van der Waals surface area contributed by atoms with Crippen LogP contribution in [0.2, 0.25) is 0 Å². The minimum atomic E-state index is -0.245. The first-order chi connectivity index (χ1) is 9.16. The minimum absolute atomic E-state index is 0. The molecule has 2 atom stereocenters. The van der Waals surface area contributed by atoms with E-state index in [0.29, 0.717) is 19.4 Å². The van der Waals surface area contributed by atoms with E-state index in [1.807, 2.05) is 24.3 Å². The molecule has 1 fully saturated rings. The third-order valence-corrected chi connectivity index (χ3v) is 3.86. The molecule has 0 aromatic heterocycles. The van der Waals surface area contributed by atoms with Crippen molar-refractivity contribution in [2.45, 2.75) is 38.2 Å². The molecule has 2 rings (SSSR count). The number of anilines is 1. The van der Waals surface area contributed by atoms with Crippen LogP contribution in [-0.2, 0) is 11.2 Å². The quantitative estimate of drug-likeness (QED) is 0.727. The van der Waals surface area contributed by atoms with Crippen molar-refractivity contribution in [3.05, 3.63) is 29.8 Å². The van der Waals surface area contributed by atoms with Crippen LogP contribution < -0.4 is 11.1 Å². The van der Waals surface area contributed by atoms with Crippen molar-refractivity contribution in [1.29, 1.82) is 0 Å². The first kappa shape index (κ1) is 16.8. The zero-order valence-corrected chi connectivity index (χ0v) is 12.4. The summed E-state index contributed by atoms with van der Waals surface area (Å²) < 4.78 is 0. The van der Waals surface area contributed by atoms with Gasteiger partial charge in [0.2, 0.25) is 5.91 Å². The van der Waals surface area contributed by atoms with Crippen LogP contribution in [0.4, 0.5) is 5.69 Å². The average Bonchev–Trinajstić information content (AvgIpc) is 2.81. The van der Waals surface area contributed by atoms with Gasteiger partial charge in [-0.1, -0.05) is 24.6 Å². The van der Waals surface area contributed by atoms with E-state index < -0.39 is 0 Å². The molecule has 2 unspecified atom stereocenters. The number of nitrogens with one attached hydrogen (secondary N) is 1. The number of aryl methyl sites for hydroxylation is 1. The Balaban J connectivity index is 0.00000200. The van der Waals surface area contributed by atoms with Gasteiger partial charge in [0.25, 0.3) is 0 Å². The van der Waals surface area contributed by atoms with Gasteiger partial charge in [-0.3, -0.25) is 4.79 Å². The number of halogens is 1. The van der Waals surface area contributed by atoms with Crippen LogP contribution in [0.3, 0.4) is 0 Å². The molecule has 0 saturated heterocycles. The van der Waals surface area contributed by atoms with Crippen LogP contribution in [0.5, 0.6) is 0 Å². The smallest absolute Gasteiger partial charge is 0.220 e. The Bertz CT molecular complexity index is 440. The van der Waals surface area contributed by atoms with Gasteiger partial charge < -0.3 is 16.2 Å². The Morgan fingerprint density at radius 3 is 2.75 bits per heavy atom. The molecule has 1 aliphatic carbocycles. The molecule has 0 radical (unpaired) electrons. The number of benzene rings is 1. The highest BCUT2D eigenvalue weighted by Crippen LogP contribution is 2.24. The molecule has 0 heterocycles. The van der Waals surface area contributed by atoms with Gasteiger partial charge in [-0.05, 0) is 30.9 Å². The lowest BCUT2D eigenvalue weighted by Crippen LogP contribution is -2.32. The molecule has 1 aromatic carbocycles. The van der Waals surface area contributed by atoms with Gasteiger partial charge in [0.15, 0.2) is 0 Å². The van der Waals surface area contributed by atoms with Gasteiger partial charge in [-0.2, -0.15) is 0 Å². The number of para-hydroxylation sites is 1. The van der Waals surface area contributed by atoms with Crippen LogP contribution in [0, 0.1) is 5.92 Å². The van der Waals surface area contributed by atoms with Crippen LogP contribution >= 0.6 is 12.4 Å². The van der Waals surface area contributed by atoms with Crippen LogP contribution in [0.1, 0.15) is 31.2 Å². The van der Waals surface area contributed by atoms with E-state index >= 15 is 0 Å². The maximum Gasteiger partial charge on any atom is 0.220 e. The van der Waals surface area contributed by atoms with E-state index in [-0.39, 0.29) is 30.3 Å². The molecular formula is C15H23ClN2O2. The molecule has 1 aromatic rings. The lowest BCUT2D eigenvalue weighted by molar-refractivity contribution is -0.121. The molecule has 5 heteroatoms. The Morgan fingerprint density at radius 2 is 2.10 bits per heavy atom. The van der Waals surface area contributed by atoms with Gasteiger partial charge in [0, 0.05) is 24.6 Å². The van der Waals surface area contributed by atoms with E-state index in [1.165, 1.54) is 0 Å². The summed E-state index contributed by atoms with van der Waals surface area (Å²) in [5.41, 5.74) is 7.58. The molecule has 4 N–H and O–H groups in total. The highest BCUT2D eigenvalue weighted by molar-refractivity contribution is 5.85. The summed E-state index contributed by atoms with van der Waals surface area (Å²) in [5.74, 6) is 0.257. The molecule has 0 spiro atoms. The lowest BCUT2D eigenvalue weighted by Gasteiger charge is -2.15. The van der Waals surface area contributed by atoms with E-state index in [0.717, 1.165) is 30.5 Å². The van der Waals surface area contributed by atoms with Crippen LogP contribution in [0.15, 0.2) is 24.3 Å². The number of amides is 1. The monoisotopic (exact) mass is 298 g/mol. The second-order valence-electron chi connectivity index (χ2n) is 5.26. The number of hydrogen-bond donors (Lipinski definition) is 3. The summed E-state index contributed by atoms with van der Waals surface area (Å²) in [7, 11) is 0. The molecule has 1 saturated carbocycles. The summed E-state index contributed by atoms with van der Waals surface area (Å²) in [6.07, 6.45) is 3.78. The second kappa shape index (κ2) is 8.12. The maximum atomic E-state index is 11.8. The fourth-order valence-corrected chi connectivity index (χ4v) is 2.60. The fourth-order valence-electron chi connectivity index (χ4n) is 2.60. The molecular weight excluding hydrogens is 276 g/mol. The summed E-state index contributed by atoms with van der Waals surface area (Å²) in [4.78, 5) is 11.8. The molecule has 0 aliphatic heterocycles. The van der Waals surface area contributed by atoms with E-state index in [1.54, 1.807) is 0 Å². The van der Waals surface area contributed by atoms with E-state index in [2.05, 4.69) is 5.32 Å². The first-order valence-electron chi connectivity index (χ1n) is 6.95. The van der Waals surface area contributed by atoms with Gasteiger partial charge >= 0.3 is 0 Å². The SMILES string of the molecule is Cl.Nc1ccccc1CCC(=O)NCC1CCCC1O. The van der Waals surface area contributed by atoms with Crippen molar-refractivity contribution in [1.82, 2.24) is 5.32 Å². The zero-order valence-electron chi connectivity index (χ0n) is 11.5. The number of nitrogen functional groups attached to an aromatic ring is 1. The second-order valence-corrected chi connectivity index (χ2v) is 5.26. The third kappa shape index (κ3) is 4.69. The molecule has 4 nitrogen and oxygen atoms in total. The fraction of sp³-hybridized carbons (Fsp3) is 0.533. The Kier molecular flexibility index (Phi) is 6.82. The van der Waals surface area contributed by atoms with Crippen LogP contribution in [-0.4, -0.2) is 23.7 Å². The number of carbonyl (C=O) groups excluding carboxylic acids is 1. The number of carbonyl (C=O) groups is 1. The van der Waals surface area contributed by atoms with Crippen molar-refractivity contribution in [3.8, 4) is 0 Å². The van der Waals surface area contributed by atoms with Gasteiger partial charge in [0.05, 0.1) is 6.10 Å². The zero-order chi connectivity index (χ0) is 13.7. The topological polar surface area (TPSA) is 75.4 Å². The van der Waals surface area contributed by atoms with Crippen molar-refractivity contribution < 1.29 is 9.90 Å². The maximum absolute atomic E-state index is 11.8. The number of hydrogen-bond acceptors (Lipinski definition) is 3. The standard InChI is InChI=1S/C15H22N2O2.ClH/c16-13-6-2-1-4-11(13)8-9-15(19)17-10-12-5-3-7-14(12)18;/h1-2,4,6,12,14,18H,3,5,7-10,16H2,(H,17,19);1H. The Morgan fingerprint density at radius 1 is 1.35 bits per heavy atom. The van der Waals surface area contributed by atoms with E-state index in [9.17, 15) is 9.90 Å². The highest BCUT2D eigenvalue weighted by Gasteiger charge is 2.25. The predicted molar refractivity (Wildman–Crippen MR) is 82.8 cm³/mol. The Labute approximate surface area is 126 Å². The molecule has 1 amide bonds. The minimum Gasteiger partial charge on any atom is -0.399 e. The van der Waals surface area contributed by atoms with Gasteiger partial charge in [-0.15, -0.1) is 12.4 Å². The average molecular weight is 299 g/mol. The third-order valence-electron chi connectivity index (χ3n) is 3.86. The Hall–Kier alpha value is -1.26. The lowest BCUT2D eigenvalue weighted by atomic mass is 10.1. The number of aliphatic hydroxyl groups is 1.